The predicted molar refractivity (Wildman–Crippen MR) is 28.4 cm³/mol. The quantitative estimate of drug-likeness (QED) is 0.490. The van der Waals surface area contributed by atoms with Gasteiger partial charge in [-0.15, -0.1) is 11.8 Å². The maximum atomic E-state index is 5.13. The highest BCUT2D eigenvalue weighted by atomic mass is 35.5. The van der Waals surface area contributed by atoms with E-state index in [1.807, 2.05) is 0 Å². The molecule has 1 radical (unpaired) electrons. The molecule has 0 fully saturated rings. The average molecular weight is 130 g/mol. The summed E-state index contributed by atoms with van der Waals surface area (Å²) in [5, 5.41) is 0. The fraction of sp³-hybridized carbons (Fsp3) is 0.500. The van der Waals surface area contributed by atoms with E-state index in [9.17, 15) is 0 Å². The van der Waals surface area contributed by atoms with Gasteiger partial charge in [0, 0.05) is 6.26 Å². The molecule has 5 heavy (non-hydrogen) atoms. The standard InChI is InChI=1S/C2H3Cl2S/c1-5-2(3)4/h2H,1H2. The normalized spacial score (nSPS) is 9.60. The van der Waals surface area contributed by atoms with E-state index in [-0.39, 0.29) is 4.17 Å². The Balaban J connectivity index is 2.54. The highest BCUT2D eigenvalue weighted by Gasteiger charge is 1.87. The lowest BCUT2D eigenvalue weighted by molar-refractivity contribution is 2.00. The molecule has 0 aromatic rings. The molecule has 0 heterocycles. The van der Waals surface area contributed by atoms with Crippen LogP contribution >= 0.6 is 35.0 Å². The van der Waals surface area contributed by atoms with Gasteiger partial charge in [-0.2, -0.15) is 0 Å². The molecule has 0 bridgehead atoms. The van der Waals surface area contributed by atoms with Crippen LogP contribution in [0.15, 0.2) is 0 Å². The van der Waals surface area contributed by atoms with Crippen LogP contribution in [0.3, 0.4) is 0 Å². The Kier molecular flexibility index (Phi) is 3.72. The van der Waals surface area contributed by atoms with E-state index in [2.05, 4.69) is 6.26 Å². The largest absolute Gasteiger partial charge is 0.153 e. The van der Waals surface area contributed by atoms with Crippen LogP contribution < -0.4 is 0 Å². The first kappa shape index (κ1) is 5.93. The molecule has 0 nitrogen and oxygen atoms in total. The molecule has 31 valence electrons. The number of thioether (sulfide) groups is 1. The van der Waals surface area contributed by atoms with Crippen LogP contribution in [0.2, 0.25) is 0 Å². The van der Waals surface area contributed by atoms with E-state index in [4.69, 9.17) is 23.2 Å². The van der Waals surface area contributed by atoms with Gasteiger partial charge in [-0.3, -0.25) is 0 Å². The molecule has 0 aliphatic rings. The Morgan fingerprint density at radius 3 is 1.80 bits per heavy atom. The minimum atomic E-state index is -0.366. The van der Waals surface area contributed by atoms with Crippen LogP contribution in [0.5, 0.6) is 0 Å². The molecule has 0 aromatic carbocycles. The average Bonchev–Trinajstić information content (AvgIpc) is 1.38. The van der Waals surface area contributed by atoms with Crippen molar-refractivity contribution in [3.05, 3.63) is 6.26 Å². The van der Waals surface area contributed by atoms with Crippen molar-refractivity contribution in [2.45, 2.75) is 4.17 Å². The molecule has 0 N–H and O–H groups in total. The molecule has 0 amide bonds. The SMILES string of the molecule is [CH2]SC(Cl)Cl. The van der Waals surface area contributed by atoms with Crippen LogP contribution in [0.4, 0.5) is 0 Å². The Labute approximate surface area is 45.8 Å². The number of alkyl halides is 2. The molecule has 0 aromatic heterocycles. The minimum Gasteiger partial charge on any atom is -0.126 e. The van der Waals surface area contributed by atoms with E-state index in [0.29, 0.717) is 0 Å². The van der Waals surface area contributed by atoms with Gasteiger partial charge in [0.05, 0.1) is 0 Å². The second kappa shape index (κ2) is 3.13. The summed E-state index contributed by atoms with van der Waals surface area (Å²) < 4.78 is -0.366. The number of hydrogen-bond acceptors (Lipinski definition) is 1. The maximum absolute atomic E-state index is 5.13. The van der Waals surface area contributed by atoms with Crippen molar-refractivity contribution in [2.75, 3.05) is 0 Å². The Bertz CT molecular complexity index is 21.6. The molecular weight excluding hydrogens is 127 g/mol. The first-order valence-electron chi connectivity index (χ1n) is 0.961. The molecule has 0 saturated carbocycles. The summed E-state index contributed by atoms with van der Waals surface area (Å²) >= 11 is 11.4. The predicted octanol–water partition coefficient (Wildman–Crippen LogP) is 2.27. The number of hydrogen-bond donors (Lipinski definition) is 0. The van der Waals surface area contributed by atoms with Crippen molar-refractivity contribution in [1.82, 2.24) is 0 Å². The van der Waals surface area contributed by atoms with E-state index in [1.54, 1.807) is 0 Å². The second-order valence-corrected chi connectivity index (χ2v) is 2.85. The fourth-order valence-electron chi connectivity index (χ4n) is 0. The lowest BCUT2D eigenvalue weighted by atomic mass is 11.9. The van der Waals surface area contributed by atoms with Crippen molar-refractivity contribution in [3.8, 4) is 0 Å². The zero-order chi connectivity index (χ0) is 4.28. The van der Waals surface area contributed by atoms with Gasteiger partial charge < -0.3 is 0 Å². The number of rotatable bonds is 1. The van der Waals surface area contributed by atoms with Gasteiger partial charge in [0.25, 0.3) is 0 Å². The summed E-state index contributed by atoms with van der Waals surface area (Å²) in [6.45, 7) is 0. The number of halogens is 2. The molecule has 0 aliphatic carbocycles. The van der Waals surface area contributed by atoms with Gasteiger partial charge >= 0.3 is 0 Å². The van der Waals surface area contributed by atoms with Crippen LogP contribution in [0, 0.1) is 6.26 Å². The van der Waals surface area contributed by atoms with Gasteiger partial charge in [0.15, 0.2) is 4.17 Å². The first-order valence-corrected chi connectivity index (χ1v) is 2.88. The van der Waals surface area contributed by atoms with Gasteiger partial charge in [-0.05, 0) is 0 Å². The molecule has 0 aliphatic heterocycles. The minimum absolute atomic E-state index is 0.366. The van der Waals surface area contributed by atoms with Crippen molar-refractivity contribution < 1.29 is 0 Å². The summed E-state index contributed by atoms with van der Waals surface area (Å²) in [4.78, 5) is 0. The van der Waals surface area contributed by atoms with Crippen LogP contribution in [0.1, 0.15) is 0 Å². The summed E-state index contributed by atoms with van der Waals surface area (Å²) in [6, 6.07) is 0. The van der Waals surface area contributed by atoms with E-state index < -0.39 is 0 Å². The van der Waals surface area contributed by atoms with Crippen molar-refractivity contribution in [3.63, 3.8) is 0 Å². The second-order valence-electron chi connectivity index (χ2n) is 0.427. The molecular formula is C2H3Cl2S. The van der Waals surface area contributed by atoms with Crippen molar-refractivity contribution >= 4 is 35.0 Å². The van der Waals surface area contributed by atoms with Crippen LogP contribution in [-0.2, 0) is 0 Å². The van der Waals surface area contributed by atoms with Crippen molar-refractivity contribution in [1.29, 1.82) is 0 Å². The Morgan fingerprint density at radius 2 is 1.80 bits per heavy atom. The summed E-state index contributed by atoms with van der Waals surface area (Å²) in [6.07, 6.45) is 3.34. The van der Waals surface area contributed by atoms with Gasteiger partial charge in [-0.25, -0.2) is 0 Å². The van der Waals surface area contributed by atoms with Crippen LogP contribution in [0.25, 0.3) is 0 Å². The Morgan fingerprint density at radius 1 is 1.60 bits per heavy atom. The van der Waals surface area contributed by atoms with Crippen molar-refractivity contribution in [2.24, 2.45) is 0 Å². The zero-order valence-corrected chi connectivity index (χ0v) is 4.78. The smallest absolute Gasteiger partial charge is 0.126 e. The van der Waals surface area contributed by atoms with Gasteiger partial charge in [0.2, 0.25) is 0 Å². The summed E-state index contributed by atoms with van der Waals surface area (Å²) in [5.74, 6) is 0. The van der Waals surface area contributed by atoms with Crippen LogP contribution in [-0.4, -0.2) is 4.17 Å². The highest BCUT2D eigenvalue weighted by molar-refractivity contribution is 8.03. The third-order valence-corrected chi connectivity index (χ3v) is 1.13. The van der Waals surface area contributed by atoms with E-state index in [0.717, 1.165) is 11.8 Å². The molecule has 0 atom stereocenters. The molecule has 0 spiro atoms. The molecule has 0 unspecified atom stereocenters. The monoisotopic (exact) mass is 129 g/mol. The summed E-state index contributed by atoms with van der Waals surface area (Å²) in [5.41, 5.74) is 0. The van der Waals surface area contributed by atoms with E-state index in [1.165, 1.54) is 0 Å². The maximum Gasteiger partial charge on any atom is 0.153 e. The van der Waals surface area contributed by atoms with Gasteiger partial charge in [0.1, 0.15) is 0 Å². The molecule has 0 rings (SSSR count). The van der Waals surface area contributed by atoms with E-state index >= 15 is 0 Å². The third kappa shape index (κ3) is 4.93. The summed E-state index contributed by atoms with van der Waals surface area (Å²) in [7, 11) is 0. The lowest BCUT2D eigenvalue weighted by Crippen LogP contribution is -1.64. The fourth-order valence-corrected chi connectivity index (χ4v) is 0. The molecule has 0 saturated heterocycles. The lowest BCUT2D eigenvalue weighted by Gasteiger charge is -1.84. The topological polar surface area (TPSA) is 0 Å². The molecule has 3 heteroatoms. The first-order chi connectivity index (χ1) is 2.27. The Hall–Kier alpha value is 0.930. The van der Waals surface area contributed by atoms with Gasteiger partial charge in [-0.1, -0.05) is 23.2 Å². The highest BCUT2D eigenvalue weighted by Crippen LogP contribution is 2.15. The zero-order valence-electron chi connectivity index (χ0n) is 2.45. The third-order valence-electron chi connectivity index (χ3n) is 0.126.